The molecule has 1 aromatic carbocycles. The first-order valence-corrected chi connectivity index (χ1v) is 10.2. The molecule has 1 spiro atoms. The summed E-state index contributed by atoms with van der Waals surface area (Å²) >= 11 is 0. The Labute approximate surface area is 143 Å². The van der Waals surface area contributed by atoms with Gasteiger partial charge in [0.25, 0.3) is 0 Å². The van der Waals surface area contributed by atoms with Crippen molar-refractivity contribution in [2.75, 3.05) is 5.75 Å². The third-order valence-corrected chi connectivity index (χ3v) is 9.09. The second-order valence-electron chi connectivity index (χ2n) is 8.23. The first-order valence-electron chi connectivity index (χ1n) is 8.56. The molecule has 5 nitrogen and oxygen atoms in total. The van der Waals surface area contributed by atoms with Gasteiger partial charge in [-0.05, 0) is 48.3 Å². The van der Waals surface area contributed by atoms with Crippen LogP contribution in [0.2, 0.25) is 0 Å². The number of carbonyl (C=O) groups excluding carboxylic acids is 1. The minimum atomic E-state index is -3.24. The predicted octanol–water partition coefficient (Wildman–Crippen LogP) is 2.13. The van der Waals surface area contributed by atoms with E-state index in [1.165, 1.54) is 0 Å². The summed E-state index contributed by atoms with van der Waals surface area (Å²) in [5.41, 5.74) is 6.61. The first-order chi connectivity index (χ1) is 11.2. The molecule has 1 heterocycles. The molecule has 1 saturated heterocycles. The Kier molecular flexibility index (Phi) is 3.23. The van der Waals surface area contributed by atoms with Crippen LogP contribution >= 0.6 is 0 Å². The highest BCUT2D eigenvalue weighted by molar-refractivity contribution is 7.89. The van der Waals surface area contributed by atoms with Crippen LogP contribution in [0.3, 0.4) is 0 Å². The summed E-state index contributed by atoms with van der Waals surface area (Å²) in [4.78, 5) is 11.2. The second-order valence-corrected chi connectivity index (χ2v) is 10.1. The number of nitrogens with two attached hydrogens (primary N) is 1. The summed E-state index contributed by atoms with van der Waals surface area (Å²) in [5.74, 6) is 0.440. The van der Waals surface area contributed by atoms with Crippen LogP contribution < -0.4 is 5.73 Å². The van der Waals surface area contributed by atoms with Gasteiger partial charge in [-0.2, -0.15) is 4.31 Å². The van der Waals surface area contributed by atoms with E-state index in [1.807, 2.05) is 0 Å². The van der Waals surface area contributed by atoms with Crippen molar-refractivity contribution in [1.29, 1.82) is 0 Å². The highest BCUT2D eigenvalue weighted by Gasteiger charge is 2.71. The Balaban J connectivity index is 1.65. The highest BCUT2D eigenvalue weighted by Crippen LogP contribution is 2.70. The molecular weight excluding hydrogens is 324 g/mol. The maximum absolute atomic E-state index is 12.9. The molecule has 4 rings (SSSR count). The lowest BCUT2D eigenvalue weighted by Crippen LogP contribution is -2.41. The molecule has 1 amide bonds. The number of primary amides is 1. The summed E-state index contributed by atoms with van der Waals surface area (Å²) < 4.78 is 27.5. The molecule has 3 atom stereocenters. The number of hydrogen-bond donors (Lipinski definition) is 1. The summed E-state index contributed by atoms with van der Waals surface area (Å²) in [5, 5.41) is 0. The zero-order valence-corrected chi connectivity index (χ0v) is 15.0. The van der Waals surface area contributed by atoms with E-state index in [4.69, 9.17) is 5.73 Å². The number of sulfonamides is 1. The third-order valence-electron chi connectivity index (χ3n) is 7.11. The van der Waals surface area contributed by atoms with Gasteiger partial charge in [0.2, 0.25) is 15.9 Å². The van der Waals surface area contributed by atoms with Crippen LogP contribution in [0.25, 0.3) is 0 Å². The monoisotopic (exact) mass is 348 g/mol. The fourth-order valence-electron chi connectivity index (χ4n) is 5.54. The van der Waals surface area contributed by atoms with Crippen molar-refractivity contribution in [3.63, 3.8) is 0 Å². The number of benzene rings is 1. The molecule has 3 aliphatic rings. The number of nitrogens with zero attached hydrogens (tertiary/aromatic N) is 1. The van der Waals surface area contributed by atoms with Gasteiger partial charge in [0.15, 0.2) is 0 Å². The van der Waals surface area contributed by atoms with E-state index in [9.17, 15) is 13.2 Å². The van der Waals surface area contributed by atoms with Gasteiger partial charge in [-0.1, -0.05) is 26.0 Å². The molecule has 2 bridgehead atoms. The van der Waals surface area contributed by atoms with Crippen LogP contribution in [0.4, 0.5) is 0 Å². The van der Waals surface area contributed by atoms with Crippen LogP contribution in [0.1, 0.15) is 49.0 Å². The Morgan fingerprint density at radius 2 is 1.96 bits per heavy atom. The second kappa shape index (κ2) is 4.82. The topological polar surface area (TPSA) is 80.5 Å². The molecule has 6 heteroatoms. The van der Waals surface area contributed by atoms with E-state index >= 15 is 0 Å². The molecule has 2 N–H and O–H groups in total. The van der Waals surface area contributed by atoms with E-state index in [0.717, 1.165) is 24.8 Å². The average molecular weight is 348 g/mol. The molecule has 2 aliphatic carbocycles. The van der Waals surface area contributed by atoms with Gasteiger partial charge in [-0.3, -0.25) is 4.79 Å². The van der Waals surface area contributed by atoms with E-state index in [2.05, 4.69) is 13.8 Å². The lowest BCUT2D eigenvalue weighted by atomic mass is 9.69. The van der Waals surface area contributed by atoms with Gasteiger partial charge in [0, 0.05) is 23.6 Å². The molecular formula is C18H24N2O3S. The SMILES string of the molecule is CC1(C)[C@@H]2CC[C@]13CS(=O)(=O)N(Cc1ccc(C(N)=O)cc1)[C@@H]3C2. The van der Waals surface area contributed by atoms with Crippen molar-refractivity contribution in [2.24, 2.45) is 22.5 Å². The Morgan fingerprint density at radius 1 is 1.29 bits per heavy atom. The summed E-state index contributed by atoms with van der Waals surface area (Å²) in [6.07, 6.45) is 3.15. The normalized spacial score (nSPS) is 35.9. The number of carbonyl (C=O) groups is 1. The van der Waals surface area contributed by atoms with Crippen LogP contribution in [-0.2, 0) is 16.6 Å². The van der Waals surface area contributed by atoms with Crippen molar-refractivity contribution in [1.82, 2.24) is 4.31 Å². The Morgan fingerprint density at radius 3 is 2.54 bits per heavy atom. The third kappa shape index (κ3) is 1.96. The number of fused-ring (bicyclic) bond motifs is 1. The van der Waals surface area contributed by atoms with Crippen molar-refractivity contribution in [2.45, 2.75) is 45.7 Å². The molecule has 1 aliphatic heterocycles. The maximum atomic E-state index is 12.9. The van der Waals surface area contributed by atoms with Crippen LogP contribution in [0, 0.1) is 16.7 Å². The van der Waals surface area contributed by atoms with Crippen molar-refractivity contribution in [3.8, 4) is 0 Å². The van der Waals surface area contributed by atoms with Crippen molar-refractivity contribution >= 4 is 15.9 Å². The molecule has 130 valence electrons. The average Bonchev–Trinajstić information content (AvgIpc) is 2.97. The summed E-state index contributed by atoms with van der Waals surface area (Å²) in [7, 11) is -3.24. The van der Waals surface area contributed by atoms with Gasteiger partial charge in [0.05, 0.1) is 5.75 Å². The molecule has 0 unspecified atom stereocenters. The quantitative estimate of drug-likeness (QED) is 0.908. The molecule has 0 aromatic heterocycles. The molecule has 2 saturated carbocycles. The Hall–Kier alpha value is -1.40. The van der Waals surface area contributed by atoms with E-state index in [0.29, 0.717) is 18.0 Å². The summed E-state index contributed by atoms with van der Waals surface area (Å²) in [6.45, 7) is 4.90. The smallest absolute Gasteiger partial charge is 0.248 e. The molecule has 24 heavy (non-hydrogen) atoms. The molecule has 3 fully saturated rings. The van der Waals surface area contributed by atoms with E-state index in [-0.39, 0.29) is 22.6 Å². The maximum Gasteiger partial charge on any atom is 0.248 e. The zero-order chi connectivity index (χ0) is 17.3. The zero-order valence-electron chi connectivity index (χ0n) is 14.2. The highest BCUT2D eigenvalue weighted by atomic mass is 32.2. The van der Waals surface area contributed by atoms with Crippen molar-refractivity contribution in [3.05, 3.63) is 35.4 Å². The first kappa shape index (κ1) is 16.1. The fraction of sp³-hybridized carbons (Fsp3) is 0.611. The van der Waals surface area contributed by atoms with Gasteiger partial charge in [0.1, 0.15) is 0 Å². The fourth-order valence-corrected chi connectivity index (χ4v) is 8.08. The number of hydrogen-bond acceptors (Lipinski definition) is 3. The largest absolute Gasteiger partial charge is 0.366 e. The lowest BCUT2D eigenvalue weighted by Gasteiger charge is -2.37. The standard InChI is InChI=1S/C18H24N2O3S/c1-17(2)14-7-8-18(17)11-24(22,23)20(15(18)9-14)10-12-3-5-13(6-4-12)16(19)21/h3-6,14-15H,7-11H2,1-2H3,(H2,19,21)/t14-,15-,18-/m1/s1. The minimum absolute atomic E-state index is 0.0926. The van der Waals surface area contributed by atoms with Gasteiger partial charge in [-0.25, -0.2) is 8.42 Å². The summed E-state index contributed by atoms with van der Waals surface area (Å²) in [6, 6.07) is 7.06. The number of amides is 1. The van der Waals surface area contributed by atoms with Gasteiger partial charge >= 0.3 is 0 Å². The van der Waals surface area contributed by atoms with Crippen molar-refractivity contribution < 1.29 is 13.2 Å². The Bertz CT molecular complexity index is 800. The number of rotatable bonds is 3. The van der Waals surface area contributed by atoms with Crippen LogP contribution in [0.15, 0.2) is 24.3 Å². The molecule has 1 aromatic rings. The minimum Gasteiger partial charge on any atom is -0.366 e. The molecule has 0 radical (unpaired) electrons. The predicted molar refractivity (Wildman–Crippen MR) is 91.6 cm³/mol. The lowest BCUT2D eigenvalue weighted by molar-refractivity contribution is 0.1000. The van der Waals surface area contributed by atoms with Gasteiger partial charge in [-0.15, -0.1) is 0 Å². The van der Waals surface area contributed by atoms with Crippen LogP contribution in [0.5, 0.6) is 0 Å². The van der Waals surface area contributed by atoms with E-state index in [1.54, 1.807) is 28.6 Å². The van der Waals surface area contributed by atoms with Crippen LogP contribution in [-0.4, -0.2) is 30.4 Å². The van der Waals surface area contributed by atoms with E-state index < -0.39 is 15.9 Å². The van der Waals surface area contributed by atoms with Gasteiger partial charge < -0.3 is 5.73 Å².